The topological polar surface area (TPSA) is 111 Å². The molecular weight excluding hydrogens is 394 g/mol. The minimum absolute atomic E-state index is 0.131. The standard InChI is InChI=1S/C20H25N3O5S/c1-4-11(2)28-20(27)16-13-7-5-6-8-15(13)29-18(16)21-17(24)12(3)23-10-9-14(22-23)19(25)26/h9-12H,4-8H2,1-3H3,(H,21,24)(H,25,26). The molecule has 0 radical (unpaired) electrons. The predicted molar refractivity (Wildman–Crippen MR) is 109 cm³/mol. The number of thiophene rings is 1. The summed E-state index contributed by atoms with van der Waals surface area (Å²) >= 11 is 1.42. The number of carbonyl (C=O) groups excluding carboxylic acids is 2. The van der Waals surface area contributed by atoms with Gasteiger partial charge in [0.25, 0.3) is 0 Å². The third-order valence-electron chi connectivity index (χ3n) is 5.10. The molecule has 3 rings (SSSR count). The lowest BCUT2D eigenvalue weighted by atomic mass is 9.95. The second kappa shape index (κ2) is 8.77. The number of ether oxygens (including phenoxy) is 1. The van der Waals surface area contributed by atoms with E-state index in [1.807, 2.05) is 13.8 Å². The highest BCUT2D eigenvalue weighted by atomic mass is 32.1. The number of rotatable bonds is 7. The molecule has 2 atom stereocenters. The summed E-state index contributed by atoms with van der Waals surface area (Å²) in [5.74, 6) is -1.94. The Hall–Kier alpha value is -2.68. The number of carboxylic acids is 1. The molecule has 1 aliphatic carbocycles. The molecule has 0 aromatic carbocycles. The number of hydrogen-bond donors (Lipinski definition) is 2. The summed E-state index contributed by atoms with van der Waals surface area (Å²) in [6, 6.07) is 0.603. The number of carboxylic acid groups (broad SMARTS) is 1. The SMILES string of the molecule is CCC(C)OC(=O)c1c(NC(=O)C(C)n2ccc(C(=O)O)n2)sc2c1CCCC2. The van der Waals surface area contributed by atoms with Crippen LogP contribution in [0.4, 0.5) is 5.00 Å². The molecule has 0 bridgehead atoms. The van der Waals surface area contributed by atoms with Gasteiger partial charge in [0.15, 0.2) is 5.69 Å². The first-order valence-corrected chi connectivity index (χ1v) is 10.6. The summed E-state index contributed by atoms with van der Waals surface area (Å²) in [5, 5.41) is 16.3. The number of amides is 1. The lowest BCUT2D eigenvalue weighted by Crippen LogP contribution is -2.25. The molecule has 0 saturated heterocycles. The zero-order valence-corrected chi connectivity index (χ0v) is 17.5. The Morgan fingerprint density at radius 2 is 2.03 bits per heavy atom. The van der Waals surface area contributed by atoms with E-state index in [1.165, 1.54) is 28.3 Å². The molecule has 2 N–H and O–H groups in total. The number of anilines is 1. The van der Waals surface area contributed by atoms with Gasteiger partial charge in [0.2, 0.25) is 5.91 Å². The summed E-state index contributed by atoms with van der Waals surface area (Å²) in [7, 11) is 0. The van der Waals surface area contributed by atoms with E-state index in [-0.39, 0.29) is 17.7 Å². The molecule has 0 saturated carbocycles. The molecule has 0 spiro atoms. The molecule has 1 aliphatic rings. The average molecular weight is 420 g/mol. The smallest absolute Gasteiger partial charge is 0.356 e. The van der Waals surface area contributed by atoms with E-state index in [2.05, 4.69) is 10.4 Å². The van der Waals surface area contributed by atoms with Gasteiger partial charge in [-0.05, 0) is 57.6 Å². The number of aryl methyl sites for hydroxylation is 1. The minimum atomic E-state index is -1.16. The van der Waals surface area contributed by atoms with Gasteiger partial charge in [-0.3, -0.25) is 9.48 Å². The number of aromatic nitrogens is 2. The first-order chi connectivity index (χ1) is 13.8. The molecule has 1 amide bonds. The van der Waals surface area contributed by atoms with Crippen molar-refractivity contribution in [3.8, 4) is 0 Å². The number of fused-ring (bicyclic) bond motifs is 1. The maximum absolute atomic E-state index is 12.8. The number of aromatic carboxylic acids is 1. The molecule has 2 unspecified atom stereocenters. The zero-order valence-electron chi connectivity index (χ0n) is 16.7. The molecule has 2 heterocycles. The molecule has 29 heavy (non-hydrogen) atoms. The van der Waals surface area contributed by atoms with Gasteiger partial charge in [0, 0.05) is 11.1 Å². The Morgan fingerprint density at radius 3 is 2.69 bits per heavy atom. The normalized spacial score (nSPS) is 15.3. The number of nitrogens with one attached hydrogen (secondary N) is 1. The second-order valence-electron chi connectivity index (χ2n) is 7.19. The van der Waals surface area contributed by atoms with Gasteiger partial charge in [0.05, 0.1) is 11.7 Å². The van der Waals surface area contributed by atoms with Crippen LogP contribution in [0.25, 0.3) is 0 Å². The van der Waals surface area contributed by atoms with Crippen LogP contribution in [0.1, 0.15) is 77.4 Å². The maximum Gasteiger partial charge on any atom is 0.356 e. The van der Waals surface area contributed by atoms with E-state index >= 15 is 0 Å². The Morgan fingerprint density at radius 1 is 1.31 bits per heavy atom. The van der Waals surface area contributed by atoms with Crippen molar-refractivity contribution in [3.63, 3.8) is 0 Å². The molecule has 156 valence electrons. The number of hydrogen-bond acceptors (Lipinski definition) is 6. The van der Waals surface area contributed by atoms with Gasteiger partial charge < -0.3 is 15.2 Å². The van der Waals surface area contributed by atoms with Crippen molar-refractivity contribution in [1.29, 1.82) is 0 Å². The van der Waals surface area contributed by atoms with Crippen LogP contribution in [0.3, 0.4) is 0 Å². The summed E-state index contributed by atoms with van der Waals surface area (Å²) in [4.78, 5) is 37.7. The van der Waals surface area contributed by atoms with Crippen LogP contribution >= 0.6 is 11.3 Å². The van der Waals surface area contributed by atoms with Crippen LogP contribution in [0, 0.1) is 0 Å². The highest BCUT2D eigenvalue weighted by Crippen LogP contribution is 2.39. The second-order valence-corrected chi connectivity index (χ2v) is 8.30. The first-order valence-electron chi connectivity index (χ1n) is 9.76. The van der Waals surface area contributed by atoms with Gasteiger partial charge in [-0.25, -0.2) is 9.59 Å². The van der Waals surface area contributed by atoms with Crippen molar-refractivity contribution in [2.75, 3.05) is 5.32 Å². The van der Waals surface area contributed by atoms with E-state index in [9.17, 15) is 14.4 Å². The van der Waals surface area contributed by atoms with Crippen molar-refractivity contribution >= 4 is 34.2 Å². The predicted octanol–water partition coefficient (Wildman–Crippen LogP) is 3.68. The third-order valence-corrected chi connectivity index (χ3v) is 6.31. The Labute approximate surface area is 172 Å². The minimum Gasteiger partial charge on any atom is -0.476 e. The molecule has 9 heteroatoms. The van der Waals surface area contributed by atoms with Crippen LogP contribution in [0.2, 0.25) is 0 Å². The molecular formula is C20H25N3O5S. The van der Waals surface area contributed by atoms with Crippen LogP contribution in [-0.2, 0) is 22.4 Å². The van der Waals surface area contributed by atoms with Crippen molar-refractivity contribution in [2.24, 2.45) is 0 Å². The maximum atomic E-state index is 12.8. The van der Waals surface area contributed by atoms with Gasteiger partial charge in [-0.2, -0.15) is 5.10 Å². The zero-order chi connectivity index (χ0) is 21.1. The van der Waals surface area contributed by atoms with Crippen molar-refractivity contribution < 1.29 is 24.2 Å². The average Bonchev–Trinajstić information content (AvgIpc) is 3.31. The van der Waals surface area contributed by atoms with Gasteiger partial charge >= 0.3 is 11.9 Å². The van der Waals surface area contributed by atoms with Gasteiger partial charge in [-0.15, -0.1) is 11.3 Å². The molecule has 2 aromatic rings. The molecule has 2 aromatic heterocycles. The lowest BCUT2D eigenvalue weighted by molar-refractivity contribution is -0.119. The fourth-order valence-electron chi connectivity index (χ4n) is 3.20. The lowest BCUT2D eigenvalue weighted by Gasteiger charge is -2.16. The number of esters is 1. The van der Waals surface area contributed by atoms with Gasteiger partial charge in [0.1, 0.15) is 11.0 Å². The molecule has 8 nitrogen and oxygen atoms in total. The highest BCUT2D eigenvalue weighted by Gasteiger charge is 2.29. The van der Waals surface area contributed by atoms with Gasteiger partial charge in [-0.1, -0.05) is 6.92 Å². The van der Waals surface area contributed by atoms with E-state index in [1.54, 1.807) is 6.92 Å². The Kier molecular flexibility index (Phi) is 6.36. The van der Waals surface area contributed by atoms with Crippen LogP contribution < -0.4 is 5.32 Å². The Balaban J connectivity index is 1.85. The summed E-state index contributed by atoms with van der Waals surface area (Å²) < 4.78 is 6.84. The van der Waals surface area contributed by atoms with Crippen molar-refractivity contribution in [1.82, 2.24) is 9.78 Å². The van der Waals surface area contributed by atoms with E-state index in [4.69, 9.17) is 9.84 Å². The number of nitrogens with zero attached hydrogens (tertiary/aromatic N) is 2. The third kappa shape index (κ3) is 4.50. The van der Waals surface area contributed by atoms with Crippen LogP contribution in [-0.4, -0.2) is 38.8 Å². The summed E-state index contributed by atoms with van der Waals surface area (Å²) in [6.45, 7) is 5.41. The van der Waals surface area contributed by atoms with E-state index in [0.29, 0.717) is 17.0 Å². The summed E-state index contributed by atoms with van der Waals surface area (Å²) in [6.07, 6.45) is 5.69. The van der Waals surface area contributed by atoms with Crippen molar-refractivity contribution in [2.45, 2.75) is 65.0 Å². The first kappa shape index (κ1) is 21.0. The fraction of sp³-hybridized carbons (Fsp3) is 0.500. The Bertz CT molecular complexity index is 933. The highest BCUT2D eigenvalue weighted by molar-refractivity contribution is 7.17. The summed E-state index contributed by atoms with van der Waals surface area (Å²) in [5.41, 5.74) is 1.30. The molecule has 0 aliphatic heterocycles. The van der Waals surface area contributed by atoms with Crippen molar-refractivity contribution in [3.05, 3.63) is 34.0 Å². The number of carbonyl (C=O) groups is 3. The van der Waals surface area contributed by atoms with Crippen LogP contribution in [0.5, 0.6) is 0 Å². The monoisotopic (exact) mass is 419 g/mol. The quantitative estimate of drug-likeness (QED) is 0.663. The van der Waals surface area contributed by atoms with E-state index in [0.717, 1.165) is 36.1 Å². The van der Waals surface area contributed by atoms with Crippen LogP contribution in [0.15, 0.2) is 12.3 Å². The largest absolute Gasteiger partial charge is 0.476 e. The van der Waals surface area contributed by atoms with E-state index < -0.39 is 18.0 Å². The molecule has 0 fully saturated rings. The fourth-order valence-corrected chi connectivity index (χ4v) is 4.48.